The first-order chi connectivity index (χ1) is 5.60. The second kappa shape index (κ2) is 3.47. The minimum Gasteiger partial charge on any atom is -0.480 e. The molecule has 0 heterocycles. The fourth-order valence-electron chi connectivity index (χ4n) is 1.20. The van der Waals surface area contributed by atoms with E-state index >= 15 is 0 Å². The molecule has 1 saturated carbocycles. The van der Waals surface area contributed by atoms with Gasteiger partial charge in [-0.3, -0.25) is 9.59 Å². The third kappa shape index (κ3) is 1.63. The summed E-state index contributed by atoms with van der Waals surface area (Å²) in [6.45, 7) is 2.00. The van der Waals surface area contributed by atoms with E-state index in [-0.39, 0.29) is 18.6 Å². The number of rotatable bonds is 4. The van der Waals surface area contributed by atoms with Crippen LogP contribution in [0, 0.1) is 0 Å². The average molecular weight is 188 g/mol. The molecule has 0 atom stereocenters. The van der Waals surface area contributed by atoms with E-state index in [9.17, 15) is 9.59 Å². The van der Waals surface area contributed by atoms with Gasteiger partial charge < -0.3 is 5.11 Å². The summed E-state index contributed by atoms with van der Waals surface area (Å²) in [5, 5.41) is 8.86. The van der Waals surface area contributed by atoms with E-state index in [1.807, 2.05) is 6.92 Å². The van der Waals surface area contributed by atoms with Gasteiger partial charge >= 0.3 is 5.97 Å². The summed E-state index contributed by atoms with van der Waals surface area (Å²) in [6.07, 6.45) is 1.38. The third-order valence-electron chi connectivity index (χ3n) is 1.94. The summed E-state index contributed by atoms with van der Waals surface area (Å²) < 4.78 is -0.771. The van der Waals surface area contributed by atoms with Crippen LogP contribution in [0.5, 0.6) is 0 Å². The number of carbonyl (C=O) groups is 2. The van der Waals surface area contributed by atoms with E-state index < -0.39 is 10.7 Å². The Bertz CT molecular complexity index is 204. The molecule has 4 heteroatoms. The van der Waals surface area contributed by atoms with E-state index in [4.69, 9.17) is 5.11 Å². The molecule has 0 radical (unpaired) electrons. The van der Waals surface area contributed by atoms with Gasteiger partial charge in [0.05, 0.1) is 0 Å². The summed E-state index contributed by atoms with van der Waals surface area (Å²) in [5.41, 5.74) is 0. The predicted octanol–water partition coefficient (Wildman–Crippen LogP) is 1.32. The maximum absolute atomic E-state index is 10.8. The topological polar surface area (TPSA) is 54.4 Å². The minimum atomic E-state index is -0.833. The van der Waals surface area contributed by atoms with Crippen LogP contribution < -0.4 is 0 Å². The number of ketones is 1. The van der Waals surface area contributed by atoms with Crippen LogP contribution in [0.25, 0.3) is 0 Å². The molecule has 0 bridgehead atoms. The van der Waals surface area contributed by atoms with Crippen LogP contribution in [0.1, 0.15) is 26.2 Å². The fourth-order valence-corrected chi connectivity index (χ4v) is 2.44. The maximum atomic E-state index is 10.8. The lowest BCUT2D eigenvalue weighted by molar-refractivity contribution is -0.147. The summed E-state index contributed by atoms with van der Waals surface area (Å²) in [4.78, 5) is 21.5. The Labute approximate surface area is 75.5 Å². The number of hydrogen-bond donors (Lipinski definition) is 1. The van der Waals surface area contributed by atoms with Crippen molar-refractivity contribution in [1.29, 1.82) is 0 Å². The van der Waals surface area contributed by atoms with Gasteiger partial charge in [0, 0.05) is 12.8 Å². The molecule has 12 heavy (non-hydrogen) atoms. The largest absolute Gasteiger partial charge is 0.480 e. The van der Waals surface area contributed by atoms with E-state index in [0.29, 0.717) is 0 Å². The molecule has 0 unspecified atom stereocenters. The van der Waals surface area contributed by atoms with Crippen LogP contribution >= 0.6 is 11.8 Å². The van der Waals surface area contributed by atoms with E-state index in [2.05, 4.69) is 0 Å². The van der Waals surface area contributed by atoms with Crippen LogP contribution in [0.15, 0.2) is 0 Å². The van der Waals surface area contributed by atoms with Crippen molar-refractivity contribution in [2.24, 2.45) is 0 Å². The quantitative estimate of drug-likeness (QED) is 0.722. The molecular formula is C8H12O3S. The fraction of sp³-hybridized carbons (Fsp3) is 0.750. The van der Waals surface area contributed by atoms with Gasteiger partial charge in [0.25, 0.3) is 0 Å². The van der Waals surface area contributed by atoms with Crippen molar-refractivity contribution < 1.29 is 14.7 Å². The molecular weight excluding hydrogens is 176 g/mol. The molecule has 0 aromatic carbocycles. The Morgan fingerprint density at radius 2 is 2.25 bits per heavy atom. The summed E-state index contributed by atoms with van der Waals surface area (Å²) in [6, 6.07) is 0. The van der Waals surface area contributed by atoms with Crippen LogP contribution in [0.4, 0.5) is 0 Å². The normalized spacial score (nSPS) is 20.2. The molecule has 1 fully saturated rings. The molecule has 0 amide bonds. The number of hydrogen-bond acceptors (Lipinski definition) is 3. The molecule has 68 valence electrons. The van der Waals surface area contributed by atoms with Gasteiger partial charge in [0.2, 0.25) is 0 Å². The van der Waals surface area contributed by atoms with Gasteiger partial charge in [0.1, 0.15) is 10.5 Å². The van der Waals surface area contributed by atoms with Crippen LogP contribution in [-0.2, 0) is 9.59 Å². The first-order valence-electron chi connectivity index (χ1n) is 4.00. The molecule has 0 aliphatic heterocycles. The second-order valence-electron chi connectivity index (χ2n) is 3.04. The van der Waals surface area contributed by atoms with Crippen LogP contribution in [-0.4, -0.2) is 27.4 Å². The van der Waals surface area contributed by atoms with Crippen molar-refractivity contribution in [2.75, 3.05) is 5.75 Å². The molecule has 0 saturated heterocycles. The van der Waals surface area contributed by atoms with Crippen LogP contribution in [0.2, 0.25) is 0 Å². The number of carboxylic acids is 1. The van der Waals surface area contributed by atoms with Crippen molar-refractivity contribution in [1.82, 2.24) is 0 Å². The number of carboxylic acid groups (broad SMARTS) is 1. The number of thioether (sulfide) groups is 1. The third-order valence-corrected chi connectivity index (χ3v) is 3.57. The SMILES string of the molecule is CCCSC1(C(=O)O)CC(=O)C1. The van der Waals surface area contributed by atoms with Gasteiger partial charge in [-0.25, -0.2) is 0 Å². The van der Waals surface area contributed by atoms with E-state index in [0.717, 1.165) is 12.2 Å². The van der Waals surface area contributed by atoms with Gasteiger partial charge in [-0.05, 0) is 12.2 Å². The number of aliphatic carboxylic acids is 1. The van der Waals surface area contributed by atoms with Gasteiger partial charge in [-0.2, -0.15) is 0 Å². The molecule has 1 rings (SSSR count). The van der Waals surface area contributed by atoms with Crippen molar-refractivity contribution >= 4 is 23.5 Å². The van der Waals surface area contributed by atoms with Gasteiger partial charge in [0.15, 0.2) is 0 Å². The molecule has 1 N–H and O–H groups in total. The van der Waals surface area contributed by atoms with Gasteiger partial charge in [-0.1, -0.05) is 6.92 Å². The summed E-state index contributed by atoms with van der Waals surface area (Å²) >= 11 is 1.40. The van der Waals surface area contributed by atoms with Crippen molar-refractivity contribution in [3.05, 3.63) is 0 Å². The molecule has 0 spiro atoms. The Hall–Kier alpha value is -0.510. The smallest absolute Gasteiger partial charge is 0.320 e. The molecule has 0 aromatic heterocycles. The highest BCUT2D eigenvalue weighted by Gasteiger charge is 2.50. The monoisotopic (exact) mass is 188 g/mol. The maximum Gasteiger partial charge on any atom is 0.320 e. The van der Waals surface area contributed by atoms with Crippen molar-refractivity contribution in [3.8, 4) is 0 Å². The number of carbonyl (C=O) groups excluding carboxylic acids is 1. The highest BCUT2D eigenvalue weighted by molar-refractivity contribution is 8.01. The first-order valence-corrected chi connectivity index (χ1v) is 4.98. The Morgan fingerprint density at radius 3 is 2.58 bits per heavy atom. The molecule has 3 nitrogen and oxygen atoms in total. The second-order valence-corrected chi connectivity index (χ2v) is 4.52. The Balaban J connectivity index is 2.51. The first kappa shape index (κ1) is 9.58. The molecule has 1 aliphatic carbocycles. The van der Waals surface area contributed by atoms with E-state index in [1.165, 1.54) is 11.8 Å². The Kier molecular flexibility index (Phi) is 2.77. The van der Waals surface area contributed by atoms with Crippen molar-refractivity contribution in [3.63, 3.8) is 0 Å². The summed E-state index contributed by atoms with van der Waals surface area (Å²) in [5.74, 6) is 0.0566. The standard InChI is InChI=1S/C8H12O3S/c1-2-3-12-8(7(10)11)4-6(9)5-8/h2-5H2,1H3,(H,10,11). The highest BCUT2D eigenvalue weighted by Crippen LogP contribution is 2.42. The summed E-state index contributed by atoms with van der Waals surface area (Å²) in [7, 11) is 0. The molecule has 0 aromatic rings. The van der Waals surface area contributed by atoms with Gasteiger partial charge in [-0.15, -0.1) is 11.8 Å². The van der Waals surface area contributed by atoms with E-state index in [1.54, 1.807) is 0 Å². The lowest BCUT2D eigenvalue weighted by Gasteiger charge is -2.35. The lowest BCUT2D eigenvalue weighted by atomic mass is 9.83. The zero-order chi connectivity index (χ0) is 9.19. The zero-order valence-electron chi connectivity index (χ0n) is 7.00. The van der Waals surface area contributed by atoms with Crippen LogP contribution in [0.3, 0.4) is 0 Å². The Morgan fingerprint density at radius 1 is 1.67 bits per heavy atom. The predicted molar refractivity (Wildman–Crippen MR) is 47.4 cm³/mol. The minimum absolute atomic E-state index is 0.0704. The zero-order valence-corrected chi connectivity index (χ0v) is 7.82. The highest BCUT2D eigenvalue weighted by atomic mass is 32.2. The number of Topliss-reactive ketones (excluding diaryl/α,β-unsaturated/α-hetero) is 1. The lowest BCUT2D eigenvalue weighted by Crippen LogP contribution is -2.48. The van der Waals surface area contributed by atoms with Crippen molar-refractivity contribution in [2.45, 2.75) is 30.9 Å². The molecule has 1 aliphatic rings. The average Bonchev–Trinajstić information content (AvgIpc) is 1.95.